The quantitative estimate of drug-likeness (QED) is 0.781. The summed E-state index contributed by atoms with van der Waals surface area (Å²) in [7, 11) is 1.90. The third kappa shape index (κ3) is 7.14. The van der Waals surface area contributed by atoms with Crippen molar-refractivity contribution < 1.29 is 9.53 Å². The standard InChI is InChI=1S/C14H28N2O2.ClH/c1-11(2)9-12(3)18-8-6-14(17)16(4)13-5-7-15-10-13;/h11-13,15H,5-10H2,1-4H3;1H. The van der Waals surface area contributed by atoms with Crippen LogP contribution in [0.4, 0.5) is 0 Å². The lowest BCUT2D eigenvalue weighted by molar-refractivity contribution is -0.133. The van der Waals surface area contributed by atoms with Gasteiger partial charge in [0, 0.05) is 19.6 Å². The minimum Gasteiger partial charge on any atom is -0.378 e. The molecule has 5 heteroatoms. The summed E-state index contributed by atoms with van der Waals surface area (Å²) < 4.78 is 5.67. The fourth-order valence-electron chi connectivity index (χ4n) is 2.43. The van der Waals surface area contributed by atoms with E-state index in [0.717, 1.165) is 25.9 Å². The molecule has 1 aliphatic heterocycles. The number of carbonyl (C=O) groups is 1. The van der Waals surface area contributed by atoms with Crippen LogP contribution in [0.5, 0.6) is 0 Å². The van der Waals surface area contributed by atoms with Gasteiger partial charge in [0.1, 0.15) is 0 Å². The molecule has 1 rings (SSSR count). The number of hydrogen-bond donors (Lipinski definition) is 1. The van der Waals surface area contributed by atoms with Crippen molar-refractivity contribution in [3.8, 4) is 0 Å². The van der Waals surface area contributed by atoms with Crippen LogP contribution in [-0.2, 0) is 9.53 Å². The number of nitrogens with one attached hydrogen (secondary N) is 1. The van der Waals surface area contributed by atoms with Gasteiger partial charge in [0.2, 0.25) is 5.91 Å². The second-order valence-electron chi connectivity index (χ2n) is 5.71. The zero-order valence-corrected chi connectivity index (χ0v) is 13.5. The molecule has 1 aliphatic rings. The second kappa shape index (κ2) is 9.56. The van der Waals surface area contributed by atoms with Crippen molar-refractivity contribution in [3.63, 3.8) is 0 Å². The smallest absolute Gasteiger partial charge is 0.224 e. The maximum absolute atomic E-state index is 12.0. The highest BCUT2D eigenvalue weighted by Crippen LogP contribution is 2.10. The topological polar surface area (TPSA) is 41.6 Å². The zero-order valence-electron chi connectivity index (χ0n) is 12.6. The Hall–Kier alpha value is -0.320. The highest BCUT2D eigenvalue weighted by atomic mass is 35.5. The first-order chi connectivity index (χ1) is 8.50. The summed E-state index contributed by atoms with van der Waals surface area (Å²) in [6.07, 6.45) is 2.86. The van der Waals surface area contributed by atoms with Gasteiger partial charge < -0.3 is 15.0 Å². The maximum Gasteiger partial charge on any atom is 0.224 e. The Balaban J connectivity index is 0.00000324. The minimum absolute atomic E-state index is 0. The number of ether oxygens (including phenoxy) is 1. The van der Waals surface area contributed by atoms with Gasteiger partial charge in [-0.05, 0) is 32.2 Å². The summed E-state index contributed by atoms with van der Waals surface area (Å²) in [5.74, 6) is 0.836. The summed E-state index contributed by atoms with van der Waals surface area (Å²) in [4.78, 5) is 13.8. The van der Waals surface area contributed by atoms with Gasteiger partial charge in [-0.1, -0.05) is 13.8 Å². The summed E-state index contributed by atoms with van der Waals surface area (Å²) in [6.45, 7) is 8.93. The van der Waals surface area contributed by atoms with E-state index in [4.69, 9.17) is 4.74 Å². The number of carbonyl (C=O) groups excluding carboxylic acids is 1. The average Bonchev–Trinajstić information content (AvgIpc) is 2.80. The van der Waals surface area contributed by atoms with Crippen LogP contribution in [0.1, 0.15) is 40.0 Å². The molecule has 0 aromatic carbocycles. The lowest BCUT2D eigenvalue weighted by atomic mass is 10.1. The van der Waals surface area contributed by atoms with Gasteiger partial charge in [-0.2, -0.15) is 0 Å². The molecule has 0 bridgehead atoms. The van der Waals surface area contributed by atoms with Crippen LogP contribution in [0.2, 0.25) is 0 Å². The van der Waals surface area contributed by atoms with Gasteiger partial charge in [0.15, 0.2) is 0 Å². The Kier molecular flexibility index (Phi) is 9.40. The normalized spacial score (nSPS) is 20.2. The molecule has 1 amide bonds. The van der Waals surface area contributed by atoms with Crippen molar-refractivity contribution in [3.05, 3.63) is 0 Å². The van der Waals surface area contributed by atoms with E-state index >= 15 is 0 Å². The number of amides is 1. The van der Waals surface area contributed by atoms with E-state index in [1.54, 1.807) is 0 Å². The fourth-order valence-corrected chi connectivity index (χ4v) is 2.43. The highest BCUT2D eigenvalue weighted by Gasteiger charge is 2.22. The van der Waals surface area contributed by atoms with Crippen molar-refractivity contribution in [2.75, 3.05) is 26.7 Å². The van der Waals surface area contributed by atoms with Crippen molar-refractivity contribution in [1.82, 2.24) is 10.2 Å². The maximum atomic E-state index is 12.0. The molecule has 0 radical (unpaired) electrons. The van der Waals surface area contributed by atoms with Crippen LogP contribution in [-0.4, -0.2) is 49.7 Å². The predicted molar refractivity (Wildman–Crippen MR) is 80.8 cm³/mol. The van der Waals surface area contributed by atoms with E-state index < -0.39 is 0 Å². The molecular weight excluding hydrogens is 264 g/mol. The number of hydrogen-bond acceptors (Lipinski definition) is 3. The SMILES string of the molecule is CC(C)CC(C)OCCC(=O)N(C)C1CCNC1.Cl. The molecule has 19 heavy (non-hydrogen) atoms. The minimum atomic E-state index is 0. The van der Waals surface area contributed by atoms with E-state index in [1.165, 1.54) is 0 Å². The highest BCUT2D eigenvalue weighted by molar-refractivity contribution is 5.85. The lowest BCUT2D eigenvalue weighted by Gasteiger charge is -2.24. The molecule has 2 unspecified atom stereocenters. The monoisotopic (exact) mass is 292 g/mol. The Morgan fingerprint density at radius 2 is 2.11 bits per heavy atom. The molecule has 114 valence electrons. The van der Waals surface area contributed by atoms with Crippen molar-refractivity contribution in [1.29, 1.82) is 0 Å². The predicted octanol–water partition coefficient (Wildman–Crippen LogP) is 2.07. The van der Waals surface area contributed by atoms with Gasteiger partial charge in [-0.3, -0.25) is 4.79 Å². The van der Waals surface area contributed by atoms with Crippen LogP contribution < -0.4 is 5.32 Å². The van der Waals surface area contributed by atoms with Crippen LogP contribution in [0.25, 0.3) is 0 Å². The van der Waals surface area contributed by atoms with Gasteiger partial charge in [-0.15, -0.1) is 12.4 Å². The summed E-state index contributed by atoms with van der Waals surface area (Å²) >= 11 is 0. The molecule has 1 fully saturated rings. The average molecular weight is 293 g/mol. The third-order valence-electron chi connectivity index (χ3n) is 3.50. The fraction of sp³-hybridized carbons (Fsp3) is 0.929. The first-order valence-corrected chi connectivity index (χ1v) is 7.08. The number of halogens is 1. The van der Waals surface area contributed by atoms with Crippen molar-refractivity contribution in [2.45, 2.75) is 52.2 Å². The summed E-state index contributed by atoms with van der Waals surface area (Å²) in [6, 6.07) is 0.366. The second-order valence-corrected chi connectivity index (χ2v) is 5.71. The van der Waals surface area contributed by atoms with E-state index in [0.29, 0.717) is 25.0 Å². The number of rotatable bonds is 7. The number of likely N-dealkylation sites (N-methyl/N-ethyl adjacent to an activating group) is 1. The lowest BCUT2D eigenvalue weighted by Crippen LogP contribution is -2.38. The molecule has 0 saturated carbocycles. The summed E-state index contributed by atoms with van der Waals surface area (Å²) in [5, 5.41) is 3.28. The Morgan fingerprint density at radius 1 is 1.42 bits per heavy atom. The van der Waals surface area contributed by atoms with Crippen LogP contribution in [0.15, 0.2) is 0 Å². The van der Waals surface area contributed by atoms with Gasteiger partial charge in [-0.25, -0.2) is 0 Å². The molecule has 1 N–H and O–H groups in total. The molecule has 4 nitrogen and oxygen atoms in total. The third-order valence-corrected chi connectivity index (χ3v) is 3.50. The van der Waals surface area contributed by atoms with Crippen LogP contribution in [0.3, 0.4) is 0 Å². The Labute approximate surface area is 123 Å². The van der Waals surface area contributed by atoms with Crippen LogP contribution in [0, 0.1) is 5.92 Å². The van der Waals surface area contributed by atoms with E-state index in [2.05, 4.69) is 26.1 Å². The van der Waals surface area contributed by atoms with Gasteiger partial charge in [0.05, 0.1) is 19.1 Å². The molecule has 0 aliphatic carbocycles. The Morgan fingerprint density at radius 3 is 2.63 bits per heavy atom. The first-order valence-electron chi connectivity index (χ1n) is 7.08. The van der Waals surface area contributed by atoms with Gasteiger partial charge in [0.25, 0.3) is 0 Å². The summed E-state index contributed by atoms with van der Waals surface area (Å²) in [5.41, 5.74) is 0. The molecule has 1 saturated heterocycles. The van der Waals surface area contributed by atoms with Gasteiger partial charge >= 0.3 is 0 Å². The molecule has 0 aromatic heterocycles. The molecular formula is C14H29ClN2O2. The van der Waals surface area contributed by atoms with E-state index in [9.17, 15) is 4.79 Å². The first kappa shape index (κ1) is 18.7. The molecule has 2 atom stereocenters. The van der Waals surface area contributed by atoms with Crippen LogP contribution >= 0.6 is 12.4 Å². The number of nitrogens with zero attached hydrogens (tertiary/aromatic N) is 1. The van der Waals surface area contributed by atoms with E-state index in [-0.39, 0.29) is 24.4 Å². The van der Waals surface area contributed by atoms with E-state index in [1.807, 2.05) is 11.9 Å². The molecule has 0 spiro atoms. The molecule has 1 heterocycles. The van der Waals surface area contributed by atoms with Crippen molar-refractivity contribution in [2.24, 2.45) is 5.92 Å². The largest absolute Gasteiger partial charge is 0.378 e. The molecule has 0 aromatic rings. The van der Waals surface area contributed by atoms with Crippen molar-refractivity contribution >= 4 is 18.3 Å². The Bertz CT molecular complexity index is 256. The zero-order chi connectivity index (χ0) is 13.5.